The normalized spacial score (nSPS) is 15.9. The Morgan fingerprint density at radius 3 is 2.69 bits per heavy atom. The molecule has 0 saturated carbocycles. The van der Waals surface area contributed by atoms with Gasteiger partial charge in [0.1, 0.15) is 5.78 Å². The van der Waals surface area contributed by atoms with Crippen LogP contribution < -0.4 is 0 Å². The minimum absolute atomic E-state index is 0.310. The van der Waals surface area contributed by atoms with Crippen molar-refractivity contribution in [2.45, 2.75) is 45.7 Å². The second-order valence-electron chi connectivity index (χ2n) is 8.17. The molecule has 3 aromatic carbocycles. The summed E-state index contributed by atoms with van der Waals surface area (Å²) in [6, 6.07) is 21.7. The molecule has 0 amide bonds. The number of aliphatic imine (C=N–C) groups is 1. The van der Waals surface area contributed by atoms with E-state index in [0.29, 0.717) is 24.7 Å². The molecule has 1 atom stereocenters. The van der Waals surface area contributed by atoms with Gasteiger partial charge in [-0.05, 0) is 53.8 Å². The molecule has 0 saturated heterocycles. The molecule has 1 unspecified atom stereocenters. The second-order valence-corrected chi connectivity index (χ2v) is 8.17. The fraction of sp³-hybridized carbons (Fsp3) is 0.308. The number of carbonyl (C=O) groups excluding carboxylic acids is 1. The van der Waals surface area contributed by atoms with Crippen LogP contribution >= 0.6 is 0 Å². The van der Waals surface area contributed by atoms with Crippen LogP contribution in [-0.2, 0) is 17.8 Å². The molecule has 148 valence electrons. The van der Waals surface area contributed by atoms with E-state index < -0.39 is 0 Å². The highest BCUT2D eigenvalue weighted by atomic mass is 16.1. The van der Waals surface area contributed by atoms with Crippen LogP contribution in [0.4, 0.5) is 0 Å². The average molecular weight is 385 g/mol. The van der Waals surface area contributed by atoms with Crippen LogP contribution in [0.3, 0.4) is 0 Å². The van der Waals surface area contributed by atoms with Crippen molar-refractivity contribution in [2.75, 3.05) is 6.54 Å². The Hall–Kier alpha value is -2.94. The van der Waals surface area contributed by atoms with E-state index in [4.69, 9.17) is 0 Å². The van der Waals surface area contributed by atoms with Crippen molar-refractivity contribution in [1.29, 1.82) is 0 Å². The lowest BCUT2D eigenvalue weighted by Gasteiger charge is -2.24. The van der Waals surface area contributed by atoms with E-state index >= 15 is 0 Å². The zero-order chi connectivity index (χ0) is 20.2. The Balaban J connectivity index is 1.34. The summed E-state index contributed by atoms with van der Waals surface area (Å²) in [5.41, 5.74) is 4.88. The van der Waals surface area contributed by atoms with Crippen LogP contribution in [0, 0.1) is 13.8 Å². The molecule has 3 aromatic rings. The average Bonchev–Trinajstić information content (AvgIpc) is 3.15. The Morgan fingerprint density at radius 2 is 1.86 bits per heavy atom. The predicted octanol–water partition coefficient (Wildman–Crippen LogP) is 5.26. The predicted molar refractivity (Wildman–Crippen MR) is 120 cm³/mol. The van der Waals surface area contributed by atoms with Crippen molar-refractivity contribution in [2.24, 2.45) is 4.99 Å². The number of aryl methyl sites for hydroxylation is 2. The molecule has 3 nitrogen and oxygen atoms in total. The summed E-state index contributed by atoms with van der Waals surface area (Å²) in [4.78, 5) is 19.3. The van der Waals surface area contributed by atoms with Crippen LogP contribution in [0.25, 0.3) is 10.8 Å². The monoisotopic (exact) mass is 384 g/mol. The largest absolute Gasteiger partial charge is 0.354 e. The second kappa shape index (κ2) is 8.60. The van der Waals surface area contributed by atoms with Gasteiger partial charge in [-0.2, -0.15) is 0 Å². The SMILES string of the molecule is Cc1ccc(CC(=O)CCC2CN=CN2Cc2ccc3ccccc3c2)c(C)c1. The van der Waals surface area contributed by atoms with E-state index in [9.17, 15) is 4.79 Å². The minimum Gasteiger partial charge on any atom is -0.354 e. The summed E-state index contributed by atoms with van der Waals surface area (Å²) in [5.74, 6) is 0.314. The molecular weight excluding hydrogens is 356 g/mol. The summed E-state index contributed by atoms with van der Waals surface area (Å²) in [5, 5.41) is 2.53. The van der Waals surface area contributed by atoms with Crippen LogP contribution in [-0.4, -0.2) is 29.6 Å². The van der Waals surface area contributed by atoms with Crippen molar-refractivity contribution in [3.63, 3.8) is 0 Å². The molecule has 0 bridgehead atoms. The highest BCUT2D eigenvalue weighted by Gasteiger charge is 2.21. The van der Waals surface area contributed by atoms with Gasteiger partial charge >= 0.3 is 0 Å². The molecule has 0 aromatic heterocycles. The Morgan fingerprint density at radius 1 is 1.03 bits per heavy atom. The summed E-state index contributed by atoms with van der Waals surface area (Å²) in [6.07, 6.45) is 3.95. The lowest BCUT2D eigenvalue weighted by Crippen LogP contribution is -2.31. The molecule has 1 heterocycles. The third kappa shape index (κ3) is 4.73. The number of hydrogen-bond donors (Lipinski definition) is 0. The van der Waals surface area contributed by atoms with Crippen molar-refractivity contribution in [3.05, 3.63) is 82.9 Å². The fourth-order valence-corrected chi connectivity index (χ4v) is 4.12. The van der Waals surface area contributed by atoms with Crippen LogP contribution in [0.1, 0.15) is 35.1 Å². The topological polar surface area (TPSA) is 32.7 Å². The van der Waals surface area contributed by atoms with E-state index in [1.54, 1.807) is 0 Å². The van der Waals surface area contributed by atoms with Gasteiger partial charge in [-0.3, -0.25) is 9.79 Å². The minimum atomic E-state index is 0.310. The van der Waals surface area contributed by atoms with Crippen molar-refractivity contribution >= 4 is 22.9 Å². The van der Waals surface area contributed by atoms with Gasteiger partial charge in [-0.25, -0.2) is 0 Å². The molecule has 1 aliphatic heterocycles. The number of benzene rings is 3. The summed E-state index contributed by atoms with van der Waals surface area (Å²) in [6.45, 7) is 5.79. The van der Waals surface area contributed by atoms with E-state index in [2.05, 4.69) is 84.4 Å². The van der Waals surface area contributed by atoms with E-state index in [-0.39, 0.29) is 0 Å². The summed E-state index contributed by atoms with van der Waals surface area (Å²) < 4.78 is 0. The molecule has 0 N–H and O–H groups in total. The van der Waals surface area contributed by atoms with Gasteiger partial charge in [0, 0.05) is 19.4 Å². The zero-order valence-corrected chi connectivity index (χ0v) is 17.3. The maximum absolute atomic E-state index is 12.6. The molecule has 0 aliphatic carbocycles. The highest BCUT2D eigenvalue weighted by molar-refractivity contribution is 5.83. The standard InChI is InChI=1S/C26H28N2O/c1-19-7-9-23(20(2)13-19)15-26(29)12-11-25-16-27-18-28(25)17-21-8-10-22-5-3-4-6-24(22)14-21/h3-10,13-14,18,25H,11-12,15-17H2,1-2H3. The van der Waals surface area contributed by atoms with E-state index in [1.165, 1.54) is 27.5 Å². The van der Waals surface area contributed by atoms with E-state index in [1.807, 2.05) is 6.34 Å². The maximum Gasteiger partial charge on any atom is 0.137 e. The summed E-state index contributed by atoms with van der Waals surface area (Å²) >= 11 is 0. The number of rotatable bonds is 7. The van der Waals surface area contributed by atoms with Gasteiger partial charge in [0.15, 0.2) is 0 Å². The first-order valence-corrected chi connectivity index (χ1v) is 10.4. The number of Topliss-reactive ketones (excluding diaryl/α,β-unsaturated/α-hetero) is 1. The highest BCUT2D eigenvalue weighted by Crippen LogP contribution is 2.20. The lowest BCUT2D eigenvalue weighted by atomic mass is 9.98. The van der Waals surface area contributed by atoms with Gasteiger partial charge < -0.3 is 4.90 Å². The number of ketones is 1. The maximum atomic E-state index is 12.6. The molecule has 1 aliphatic rings. The fourth-order valence-electron chi connectivity index (χ4n) is 4.12. The van der Waals surface area contributed by atoms with Gasteiger partial charge in [0.05, 0.1) is 18.9 Å². The molecule has 29 heavy (non-hydrogen) atoms. The number of carbonyl (C=O) groups is 1. The third-order valence-corrected chi connectivity index (χ3v) is 5.84. The van der Waals surface area contributed by atoms with Gasteiger partial charge in [0.2, 0.25) is 0 Å². The quantitative estimate of drug-likeness (QED) is 0.556. The van der Waals surface area contributed by atoms with Crippen LogP contribution in [0.15, 0.2) is 65.7 Å². The molecular formula is C26H28N2O. The molecule has 3 heteroatoms. The third-order valence-electron chi connectivity index (χ3n) is 5.84. The van der Waals surface area contributed by atoms with Crippen molar-refractivity contribution in [1.82, 2.24) is 4.90 Å². The Bertz CT molecular complexity index is 1050. The first kappa shape index (κ1) is 19.4. The first-order chi connectivity index (χ1) is 14.1. The van der Waals surface area contributed by atoms with Gasteiger partial charge in [0.25, 0.3) is 0 Å². The Kier molecular flexibility index (Phi) is 5.75. The van der Waals surface area contributed by atoms with Crippen LogP contribution in [0.2, 0.25) is 0 Å². The zero-order valence-electron chi connectivity index (χ0n) is 17.3. The van der Waals surface area contributed by atoms with Gasteiger partial charge in [-0.15, -0.1) is 0 Å². The Labute approximate surface area is 173 Å². The molecule has 0 fully saturated rings. The summed E-state index contributed by atoms with van der Waals surface area (Å²) in [7, 11) is 0. The molecule has 4 rings (SSSR count). The van der Waals surface area contributed by atoms with Crippen LogP contribution in [0.5, 0.6) is 0 Å². The molecule has 0 spiro atoms. The van der Waals surface area contributed by atoms with Crippen molar-refractivity contribution < 1.29 is 4.79 Å². The number of fused-ring (bicyclic) bond motifs is 1. The smallest absolute Gasteiger partial charge is 0.137 e. The van der Waals surface area contributed by atoms with Crippen molar-refractivity contribution in [3.8, 4) is 0 Å². The lowest BCUT2D eigenvalue weighted by molar-refractivity contribution is -0.118. The first-order valence-electron chi connectivity index (χ1n) is 10.4. The van der Waals surface area contributed by atoms with E-state index in [0.717, 1.165) is 25.1 Å². The number of hydrogen-bond acceptors (Lipinski definition) is 3. The number of nitrogens with zero attached hydrogens (tertiary/aromatic N) is 2. The molecule has 0 radical (unpaired) electrons. The van der Waals surface area contributed by atoms with Gasteiger partial charge in [-0.1, -0.05) is 60.2 Å².